The van der Waals surface area contributed by atoms with Crippen molar-refractivity contribution in [3.05, 3.63) is 30.9 Å². The van der Waals surface area contributed by atoms with Crippen LogP contribution in [-0.4, -0.2) is 33.4 Å². The summed E-state index contributed by atoms with van der Waals surface area (Å²) in [7, 11) is 1.82. The van der Waals surface area contributed by atoms with Gasteiger partial charge >= 0.3 is 0 Å². The Bertz CT molecular complexity index is 593. The smallest absolute Gasteiger partial charge is 0.147 e. The van der Waals surface area contributed by atoms with Gasteiger partial charge in [-0.15, -0.1) is 0 Å². The molecule has 0 aliphatic carbocycles. The molecule has 0 bridgehead atoms. The number of anilines is 1. The summed E-state index contributed by atoms with van der Waals surface area (Å²) in [5.41, 5.74) is 2.57. The maximum Gasteiger partial charge on any atom is 0.147 e. The van der Waals surface area contributed by atoms with Gasteiger partial charge in [0.15, 0.2) is 0 Å². The zero-order valence-corrected chi connectivity index (χ0v) is 12.0. The van der Waals surface area contributed by atoms with Crippen LogP contribution in [0.1, 0.15) is 25.6 Å². The highest BCUT2D eigenvalue weighted by atomic mass is 16.5. The van der Waals surface area contributed by atoms with Crippen LogP contribution in [0.2, 0.25) is 0 Å². The van der Waals surface area contributed by atoms with E-state index in [-0.39, 0.29) is 6.23 Å². The van der Waals surface area contributed by atoms with Crippen LogP contribution in [0.15, 0.2) is 25.3 Å². The SMILES string of the molecule is C=Cc1c(NC)ncnc1-c1cnn(C(C)OCC)c1. The summed E-state index contributed by atoms with van der Waals surface area (Å²) in [6.45, 7) is 8.38. The molecule has 0 radical (unpaired) electrons. The van der Waals surface area contributed by atoms with Crippen molar-refractivity contribution < 1.29 is 4.74 Å². The van der Waals surface area contributed by atoms with E-state index >= 15 is 0 Å². The van der Waals surface area contributed by atoms with Gasteiger partial charge < -0.3 is 10.1 Å². The minimum Gasteiger partial charge on any atom is -0.373 e. The van der Waals surface area contributed by atoms with Crippen molar-refractivity contribution in [1.82, 2.24) is 19.7 Å². The molecule has 0 saturated heterocycles. The Labute approximate surface area is 118 Å². The van der Waals surface area contributed by atoms with Gasteiger partial charge in [-0.2, -0.15) is 5.10 Å². The number of hydrogen-bond acceptors (Lipinski definition) is 5. The van der Waals surface area contributed by atoms with Crippen LogP contribution in [-0.2, 0) is 4.74 Å². The first-order chi connectivity index (χ1) is 9.71. The number of ether oxygens (including phenoxy) is 1. The largest absolute Gasteiger partial charge is 0.373 e. The molecule has 0 saturated carbocycles. The molecule has 1 unspecified atom stereocenters. The fourth-order valence-corrected chi connectivity index (χ4v) is 1.99. The third-order valence-electron chi connectivity index (χ3n) is 2.98. The number of rotatable bonds is 6. The van der Waals surface area contributed by atoms with Gasteiger partial charge in [0, 0.05) is 31.0 Å². The van der Waals surface area contributed by atoms with Gasteiger partial charge in [0.05, 0.1) is 11.9 Å². The molecule has 0 aliphatic heterocycles. The van der Waals surface area contributed by atoms with E-state index in [9.17, 15) is 0 Å². The maximum absolute atomic E-state index is 5.51. The molecule has 0 spiro atoms. The van der Waals surface area contributed by atoms with Crippen LogP contribution in [0.5, 0.6) is 0 Å². The van der Waals surface area contributed by atoms with Gasteiger partial charge in [-0.25, -0.2) is 14.6 Å². The predicted molar refractivity (Wildman–Crippen MR) is 79.2 cm³/mol. The lowest BCUT2D eigenvalue weighted by molar-refractivity contribution is 0.0160. The normalized spacial score (nSPS) is 12.2. The Balaban J connectivity index is 2.40. The van der Waals surface area contributed by atoms with Gasteiger partial charge in [0.2, 0.25) is 0 Å². The molecule has 2 rings (SSSR count). The van der Waals surface area contributed by atoms with Crippen molar-refractivity contribution in [2.45, 2.75) is 20.1 Å². The van der Waals surface area contributed by atoms with Crippen molar-refractivity contribution in [3.8, 4) is 11.3 Å². The van der Waals surface area contributed by atoms with Crippen LogP contribution in [0.25, 0.3) is 17.3 Å². The monoisotopic (exact) mass is 273 g/mol. The molecule has 1 atom stereocenters. The van der Waals surface area contributed by atoms with Crippen molar-refractivity contribution in [2.75, 3.05) is 19.0 Å². The minimum absolute atomic E-state index is 0.105. The number of aromatic nitrogens is 4. The summed E-state index contributed by atoms with van der Waals surface area (Å²) in [5.74, 6) is 0.746. The number of nitrogens with zero attached hydrogens (tertiary/aromatic N) is 4. The molecule has 20 heavy (non-hydrogen) atoms. The first-order valence-electron chi connectivity index (χ1n) is 6.52. The molecule has 0 aliphatic rings. The van der Waals surface area contributed by atoms with Crippen molar-refractivity contribution in [3.63, 3.8) is 0 Å². The summed E-state index contributed by atoms with van der Waals surface area (Å²) in [4.78, 5) is 8.51. The average molecular weight is 273 g/mol. The van der Waals surface area contributed by atoms with Crippen molar-refractivity contribution >= 4 is 11.9 Å². The molecular formula is C14H19N5O. The highest BCUT2D eigenvalue weighted by molar-refractivity contribution is 5.77. The molecule has 0 amide bonds. The Morgan fingerprint density at radius 2 is 2.30 bits per heavy atom. The second-order valence-corrected chi connectivity index (χ2v) is 4.20. The second-order valence-electron chi connectivity index (χ2n) is 4.20. The Morgan fingerprint density at radius 3 is 2.95 bits per heavy atom. The first kappa shape index (κ1) is 14.2. The number of nitrogens with one attached hydrogen (secondary N) is 1. The Hall–Kier alpha value is -2.21. The third kappa shape index (κ3) is 2.70. The molecule has 2 aromatic heterocycles. The molecule has 2 heterocycles. The summed E-state index contributed by atoms with van der Waals surface area (Å²) in [6.07, 6.45) is 6.84. The van der Waals surface area contributed by atoms with E-state index in [1.807, 2.05) is 27.1 Å². The molecule has 0 aromatic carbocycles. The molecule has 6 nitrogen and oxygen atoms in total. The standard InChI is InChI=1S/C14H19N5O/c1-5-12-13(16-9-17-14(12)15-4)11-7-18-19(8-11)10(3)20-6-2/h5,7-10H,1,6H2,2-4H3,(H,15,16,17). The van der Waals surface area contributed by atoms with E-state index in [0.29, 0.717) is 6.61 Å². The van der Waals surface area contributed by atoms with E-state index in [1.54, 1.807) is 17.0 Å². The predicted octanol–water partition coefficient (Wildman–Crippen LogP) is 2.58. The van der Waals surface area contributed by atoms with E-state index < -0.39 is 0 Å². The summed E-state index contributed by atoms with van der Waals surface area (Å²) < 4.78 is 7.28. The lowest BCUT2D eigenvalue weighted by atomic mass is 10.1. The fourth-order valence-electron chi connectivity index (χ4n) is 1.99. The topological polar surface area (TPSA) is 64.9 Å². The van der Waals surface area contributed by atoms with Crippen LogP contribution in [0.4, 0.5) is 5.82 Å². The third-order valence-corrected chi connectivity index (χ3v) is 2.98. The minimum atomic E-state index is -0.105. The Morgan fingerprint density at radius 1 is 1.50 bits per heavy atom. The van der Waals surface area contributed by atoms with Crippen molar-refractivity contribution in [1.29, 1.82) is 0 Å². The second kappa shape index (κ2) is 6.29. The average Bonchev–Trinajstić information content (AvgIpc) is 2.96. The van der Waals surface area contributed by atoms with E-state index in [0.717, 1.165) is 22.6 Å². The highest BCUT2D eigenvalue weighted by Crippen LogP contribution is 2.26. The maximum atomic E-state index is 5.51. The van der Waals surface area contributed by atoms with Gasteiger partial charge in [-0.05, 0) is 13.8 Å². The zero-order valence-electron chi connectivity index (χ0n) is 12.0. The van der Waals surface area contributed by atoms with E-state index in [1.165, 1.54) is 6.33 Å². The molecular weight excluding hydrogens is 254 g/mol. The molecule has 2 aromatic rings. The van der Waals surface area contributed by atoms with E-state index in [2.05, 4.69) is 27.0 Å². The van der Waals surface area contributed by atoms with Crippen LogP contribution in [0.3, 0.4) is 0 Å². The van der Waals surface area contributed by atoms with Crippen LogP contribution in [0, 0.1) is 0 Å². The molecule has 0 fully saturated rings. The fraction of sp³-hybridized carbons (Fsp3) is 0.357. The van der Waals surface area contributed by atoms with Gasteiger partial charge in [0.25, 0.3) is 0 Å². The summed E-state index contributed by atoms with van der Waals surface area (Å²) in [6, 6.07) is 0. The van der Waals surface area contributed by atoms with Gasteiger partial charge in [-0.1, -0.05) is 12.7 Å². The number of hydrogen-bond donors (Lipinski definition) is 1. The van der Waals surface area contributed by atoms with Gasteiger partial charge in [-0.3, -0.25) is 0 Å². The van der Waals surface area contributed by atoms with Crippen LogP contribution >= 0.6 is 0 Å². The summed E-state index contributed by atoms with van der Waals surface area (Å²) in [5, 5.41) is 7.35. The van der Waals surface area contributed by atoms with Crippen molar-refractivity contribution in [2.24, 2.45) is 0 Å². The Kier molecular flexibility index (Phi) is 4.47. The first-order valence-corrected chi connectivity index (χ1v) is 6.52. The summed E-state index contributed by atoms with van der Waals surface area (Å²) >= 11 is 0. The van der Waals surface area contributed by atoms with Crippen LogP contribution < -0.4 is 5.32 Å². The molecule has 1 N–H and O–H groups in total. The highest BCUT2D eigenvalue weighted by Gasteiger charge is 2.13. The van der Waals surface area contributed by atoms with Gasteiger partial charge in [0.1, 0.15) is 18.4 Å². The quantitative estimate of drug-likeness (QED) is 0.876. The molecule has 6 heteroatoms. The van der Waals surface area contributed by atoms with E-state index in [4.69, 9.17) is 4.74 Å². The lowest BCUT2D eigenvalue weighted by Gasteiger charge is -2.11. The molecule has 106 valence electrons. The zero-order chi connectivity index (χ0) is 14.5. The lowest BCUT2D eigenvalue weighted by Crippen LogP contribution is -2.09.